The maximum absolute atomic E-state index is 13.6. The molecule has 0 radical (unpaired) electrons. The van der Waals surface area contributed by atoms with Crippen LogP contribution in [0, 0.1) is 5.82 Å². The first kappa shape index (κ1) is 11.3. The van der Waals surface area contributed by atoms with Crippen LogP contribution in [-0.4, -0.2) is 23.2 Å². The molecule has 1 aromatic carbocycles. The summed E-state index contributed by atoms with van der Waals surface area (Å²) >= 11 is 0. The summed E-state index contributed by atoms with van der Waals surface area (Å²) in [6.07, 6.45) is -0.399. The Balaban J connectivity index is 2.68. The quantitative estimate of drug-likeness (QED) is 0.884. The molecule has 4 nitrogen and oxygen atoms in total. The number of fused-ring (bicyclic) bond motifs is 1. The van der Waals surface area contributed by atoms with Crippen LogP contribution in [0.1, 0.15) is 5.56 Å². The summed E-state index contributed by atoms with van der Waals surface area (Å²) in [6.45, 7) is 0. The van der Waals surface area contributed by atoms with Gasteiger partial charge in [0.05, 0.1) is 19.0 Å². The molecule has 17 heavy (non-hydrogen) atoms. The van der Waals surface area contributed by atoms with E-state index in [1.54, 1.807) is 18.2 Å². The average Bonchev–Trinajstić information content (AvgIpc) is 2.32. The van der Waals surface area contributed by atoms with Gasteiger partial charge in [-0.05, 0) is 18.2 Å². The molecule has 1 heterocycles. The second kappa shape index (κ2) is 4.37. The van der Waals surface area contributed by atoms with Crippen molar-refractivity contribution < 1.29 is 19.0 Å². The topological polar surface area (TPSA) is 59.4 Å². The Morgan fingerprint density at radius 2 is 2.12 bits per heavy atom. The van der Waals surface area contributed by atoms with Crippen LogP contribution in [0.5, 0.6) is 5.88 Å². The molecule has 5 heteroatoms. The first-order valence-corrected chi connectivity index (χ1v) is 4.95. The number of aliphatic carboxylic acids is 1. The zero-order chi connectivity index (χ0) is 12.4. The number of halogens is 1. The van der Waals surface area contributed by atoms with Crippen LogP contribution >= 0.6 is 0 Å². The lowest BCUT2D eigenvalue weighted by atomic mass is 10.1. The third-order valence-corrected chi connectivity index (χ3v) is 2.42. The van der Waals surface area contributed by atoms with E-state index in [0.717, 1.165) is 0 Å². The van der Waals surface area contributed by atoms with Crippen LogP contribution < -0.4 is 4.74 Å². The van der Waals surface area contributed by atoms with Crippen molar-refractivity contribution in [2.45, 2.75) is 6.42 Å². The SMILES string of the molecule is COc1ccc2ccc(F)c(CC(=O)O)c2n1. The van der Waals surface area contributed by atoms with Crippen molar-refractivity contribution >= 4 is 16.9 Å². The van der Waals surface area contributed by atoms with Gasteiger partial charge in [-0.3, -0.25) is 4.79 Å². The summed E-state index contributed by atoms with van der Waals surface area (Å²) < 4.78 is 18.5. The summed E-state index contributed by atoms with van der Waals surface area (Å²) in [7, 11) is 1.45. The van der Waals surface area contributed by atoms with Crippen molar-refractivity contribution in [3.63, 3.8) is 0 Å². The summed E-state index contributed by atoms with van der Waals surface area (Å²) in [5, 5.41) is 9.44. The Morgan fingerprint density at radius 1 is 1.41 bits per heavy atom. The summed E-state index contributed by atoms with van der Waals surface area (Å²) in [5.41, 5.74) is 0.403. The third-order valence-electron chi connectivity index (χ3n) is 2.42. The predicted octanol–water partition coefficient (Wildman–Crippen LogP) is 2.01. The highest BCUT2D eigenvalue weighted by Crippen LogP contribution is 2.23. The van der Waals surface area contributed by atoms with Crippen molar-refractivity contribution in [1.82, 2.24) is 4.98 Å². The zero-order valence-corrected chi connectivity index (χ0v) is 9.11. The maximum atomic E-state index is 13.6. The van der Waals surface area contributed by atoms with Crippen molar-refractivity contribution in [2.75, 3.05) is 7.11 Å². The molecule has 0 atom stereocenters. The standard InChI is InChI=1S/C12H10FNO3/c1-17-10-5-3-7-2-4-9(13)8(6-11(15)16)12(7)14-10/h2-5H,6H2,1H3,(H,15,16). The van der Waals surface area contributed by atoms with Gasteiger partial charge in [0.15, 0.2) is 0 Å². The second-order valence-corrected chi connectivity index (χ2v) is 3.52. The van der Waals surface area contributed by atoms with Crippen LogP contribution in [0.2, 0.25) is 0 Å². The number of nitrogens with zero attached hydrogens (tertiary/aromatic N) is 1. The summed E-state index contributed by atoms with van der Waals surface area (Å²) in [4.78, 5) is 14.8. The van der Waals surface area contributed by atoms with E-state index in [1.807, 2.05) is 0 Å². The van der Waals surface area contributed by atoms with Crippen LogP contribution in [0.25, 0.3) is 10.9 Å². The lowest BCUT2D eigenvalue weighted by molar-refractivity contribution is -0.136. The highest BCUT2D eigenvalue weighted by atomic mass is 19.1. The minimum Gasteiger partial charge on any atom is -0.481 e. The fourth-order valence-electron chi connectivity index (χ4n) is 1.64. The predicted molar refractivity (Wildman–Crippen MR) is 59.6 cm³/mol. The zero-order valence-electron chi connectivity index (χ0n) is 9.11. The molecule has 0 spiro atoms. The number of ether oxygens (including phenoxy) is 1. The number of benzene rings is 1. The van der Waals surface area contributed by atoms with Gasteiger partial charge in [-0.1, -0.05) is 0 Å². The first-order chi connectivity index (χ1) is 8.11. The van der Waals surface area contributed by atoms with Gasteiger partial charge in [0.25, 0.3) is 0 Å². The van der Waals surface area contributed by atoms with Crippen LogP contribution in [0.4, 0.5) is 4.39 Å². The number of carboxylic acid groups (broad SMARTS) is 1. The number of hydrogen-bond acceptors (Lipinski definition) is 3. The normalized spacial score (nSPS) is 10.5. The molecule has 0 aliphatic carbocycles. The molecule has 0 amide bonds. The number of pyridine rings is 1. The van der Waals surface area contributed by atoms with Crippen LogP contribution in [-0.2, 0) is 11.2 Å². The van der Waals surface area contributed by atoms with Crippen molar-refractivity contribution in [1.29, 1.82) is 0 Å². The van der Waals surface area contributed by atoms with Crippen LogP contribution in [0.15, 0.2) is 24.3 Å². The summed E-state index contributed by atoms with van der Waals surface area (Å²) in [5.74, 6) is -1.34. The van der Waals surface area contributed by atoms with Gasteiger partial charge in [-0.2, -0.15) is 0 Å². The van der Waals surface area contributed by atoms with Gasteiger partial charge >= 0.3 is 5.97 Å². The molecule has 0 aliphatic heterocycles. The van der Waals surface area contributed by atoms with Crippen molar-refractivity contribution in [3.8, 4) is 5.88 Å². The molecule has 0 fully saturated rings. The van der Waals surface area contributed by atoms with Crippen LogP contribution in [0.3, 0.4) is 0 Å². The number of methoxy groups -OCH3 is 1. The van der Waals surface area contributed by atoms with E-state index >= 15 is 0 Å². The number of aromatic nitrogens is 1. The molecule has 0 unspecified atom stereocenters. The van der Waals surface area contributed by atoms with E-state index in [-0.39, 0.29) is 5.56 Å². The Hall–Kier alpha value is -2.17. The highest BCUT2D eigenvalue weighted by molar-refractivity contribution is 5.86. The number of carbonyl (C=O) groups is 1. The Kier molecular flexibility index (Phi) is 2.91. The number of rotatable bonds is 3. The van der Waals surface area contributed by atoms with Gasteiger partial charge in [0.1, 0.15) is 5.82 Å². The van der Waals surface area contributed by atoms with Crippen molar-refractivity contribution in [2.24, 2.45) is 0 Å². The van der Waals surface area contributed by atoms with Gasteiger partial charge in [-0.15, -0.1) is 0 Å². The van der Waals surface area contributed by atoms with E-state index in [2.05, 4.69) is 4.98 Å². The molecule has 2 aromatic rings. The lowest BCUT2D eigenvalue weighted by Crippen LogP contribution is -2.04. The fraction of sp³-hybridized carbons (Fsp3) is 0.167. The van der Waals surface area contributed by atoms with E-state index in [4.69, 9.17) is 9.84 Å². The molecular weight excluding hydrogens is 225 g/mol. The largest absolute Gasteiger partial charge is 0.481 e. The minimum atomic E-state index is -1.10. The number of hydrogen-bond donors (Lipinski definition) is 1. The Labute approximate surface area is 96.7 Å². The van der Waals surface area contributed by atoms with E-state index in [0.29, 0.717) is 16.8 Å². The molecule has 88 valence electrons. The Morgan fingerprint density at radius 3 is 2.76 bits per heavy atom. The molecule has 1 N–H and O–H groups in total. The van der Waals surface area contributed by atoms with E-state index in [9.17, 15) is 9.18 Å². The summed E-state index contributed by atoms with van der Waals surface area (Å²) in [6, 6.07) is 6.16. The minimum absolute atomic E-state index is 0.0777. The molecule has 2 rings (SSSR count). The number of carboxylic acids is 1. The van der Waals surface area contributed by atoms with E-state index in [1.165, 1.54) is 13.2 Å². The molecule has 0 bridgehead atoms. The first-order valence-electron chi connectivity index (χ1n) is 4.95. The lowest BCUT2D eigenvalue weighted by Gasteiger charge is -2.06. The van der Waals surface area contributed by atoms with Gasteiger partial charge in [0, 0.05) is 17.0 Å². The highest BCUT2D eigenvalue weighted by Gasteiger charge is 2.13. The van der Waals surface area contributed by atoms with Crippen molar-refractivity contribution in [3.05, 3.63) is 35.6 Å². The van der Waals surface area contributed by atoms with Gasteiger partial charge in [0.2, 0.25) is 5.88 Å². The second-order valence-electron chi connectivity index (χ2n) is 3.52. The smallest absolute Gasteiger partial charge is 0.308 e. The third kappa shape index (κ3) is 2.18. The maximum Gasteiger partial charge on any atom is 0.308 e. The molecule has 1 aromatic heterocycles. The van der Waals surface area contributed by atoms with E-state index < -0.39 is 18.2 Å². The average molecular weight is 235 g/mol. The monoisotopic (exact) mass is 235 g/mol. The Bertz CT molecular complexity index is 583. The van der Waals surface area contributed by atoms with Gasteiger partial charge < -0.3 is 9.84 Å². The molecule has 0 saturated carbocycles. The fourth-order valence-corrected chi connectivity index (χ4v) is 1.64. The van der Waals surface area contributed by atoms with Gasteiger partial charge in [-0.25, -0.2) is 9.37 Å². The molecule has 0 saturated heterocycles. The molecular formula is C12H10FNO3. The molecule has 0 aliphatic rings.